The Labute approximate surface area is 273 Å². The molecule has 0 bridgehead atoms. The van der Waals surface area contributed by atoms with Crippen LogP contribution in [0.2, 0.25) is 0 Å². The maximum Gasteiger partial charge on any atom is 0.327 e. The Kier molecular flexibility index (Phi) is 29.3. The zero-order valence-corrected chi connectivity index (χ0v) is 29.1. The molecule has 0 unspecified atom stereocenters. The lowest BCUT2D eigenvalue weighted by Gasteiger charge is -2.19. The molecule has 0 saturated carbocycles. The van der Waals surface area contributed by atoms with Gasteiger partial charge in [-0.2, -0.15) is 11.8 Å². The van der Waals surface area contributed by atoms with Crippen molar-refractivity contribution in [2.45, 2.75) is 103 Å². The third-order valence-electron chi connectivity index (χ3n) is 6.45. The molecule has 0 aliphatic heterocycles. The van der Waals surface area contributed by atoms with Crippen molar-refractivity contribution in [1.29, 1.82) is 0 Å². The van der Waals surface area contributed by atoms with Crippen molar-refractivity contribution >= 4 is 37.2 Å². The number of rotatable bonds is 32. The minimum Gasteiger partial charge on any atom is -0.462 e. The van der Waals surface area contributed by atoms with E-state index in [0.717, 1.165) is 64.2 Å². The second kappa shape index (κ2) is 30.1. The second-order valence-corrected chi connectivity index (χ2v) is 13.6. The molecule has 0 heterocycles. The van der Waals surface area contributed by atoms with Gasteiger partial charge in [0.15, 0.2) is 0 Å². The first-order valence-corrected chi connectivity index (χ1v) is 19.3. The van der Waals surface area contributed by atoms with Crippen molar-refractivity contribution in [1.82, 2.24) is 5.32 Å². The van der Waals surface area contributed by atoms with E-state index in [9.17, 15) is 18.9 Å². The summed E-state index contributed by atoms with van der Waals surface area (Å²) in [5.41, 5.74) is 6.03. The average molecular weight is 687 g/mol. The highest BCUT2D eigenvalue weighted by molar-refractivity contribution is 7.99. The topological polar surface area (TPSA) is 193 Å². The van der Waals surface area contributed by atoms with Crippen LogP contribution in [0.3, 0.4) is 0 Å². The van der Waals surface area contributed by atoms with Gasteiger partial charge in [0, 0.05) is 30.9 Å². The first kappa shape index (κ1) is 43.8. The first-order chi connectivity index (χ1) is 21.6. The van der Waals surface area contributed by atoms with E-state index in [0.29, 0.717) is 37.6 Å². The summed E-state index contributed by atoms with van der Waals surface area (Å²) < 4.78 is 37.5. The molecule has 0 aliphatic carbocycles. The van der Waals surface area contributed by atoms with Crippen LogP contribution in [0.5, 0.6) is 0 Å². The molecule has 0 rings (SSSR count). The second-order valence-electron chi connectivity index (χ2n) is 10.8. The monoisotopic (exact) mass is 686 g/mol. The number of hydrogen-bond donors (Lipinski definition) is 4. The van der Waals surface area contributed by atoms with Crippen LogP contribution >= 0.6 is 19.4 Å². The van der Waals surface area contributed by atoms with Gasteiger partial charge < -0.3 is 44.5 Å². The van der Waals surface area contributed by atoms with E-state index < -0.39 is 19.7 Å². The van der Waals surface area contributed by atoms with Crippen molar-refractivity contribution in [2.24, 2.45) is 5.73 Å². The highest BCUT2D eigenvalue weighted by Gasteiger charge is 2.20. The number of ether oxygens (including phenoxy) is 5. The Hall–Kier alpha value is -1.25. The van der Waals surface area contributed by atoms with E-state index in [1.807, 2.05) is 0 Å². The molecule has 0 aliphatic rings. The van der Waals surface area contributed by atoms with E-state index in [2.05, 4.69) is 19.2 Å². The molecular formula is C30H59N2O11PS. The van der Waals surface area contributed by atoms with Gasteiger partial charge in [-0.05, 0) is 12.8 Å². The van der Waals surface area contributed by atoms with Crippen LogP contribution < -0.4 is 11.1 Å². The zero-order valence-electron chi connectivity index (χ0n) is 27.4. The lowest BCUT2D eigenvalue weighted by atomic mass is 10.1. The lowest BCUT2D eigenvalue weighted by Crippen LogP contribution is -2.43. The molecule has 45 heavy (non-hydrogen) atoms. The molecule has 5 N–H and O–H groups in total. The van der Waals surface area contributed by atoms with Crippen LogP contribution in [0.4, 0.5) is 0 Å². The molecule has 0 fully saturated rings. The van der Waals surface area contributed by atoms with Gasteiger partial charge in [0.2, 0.25) is 5.91 Å². The average Bonchev–Trinajstić information content (AvgIpc) is 2.99. The molecule has 0 aromatic carbocycles. The summed E-state index contributed by atoms with van der Waals surface area (Å²) in [6.07, 6.45) is 9.97. The smallest absolute Gasteiger partial charge is 0.327 e. The highest BCUT2D eigenvalue weighted by atomic mass is 32.2. The van der Waals surface area contributed by atoms with Gasteiger partial charge in [-0.1, -0.05) is 65.2 Å². The number of nitrogens with one attached hydrogen (secondary N) is 1. The first-order valence-electron chi connectivity index (χ1n) is 16.3. The molecule has 2 atom stereocenters. The number of unbranched alkanes of at least 4 members (excludes halogenated alkanes) is 8. The standard InChI is InChI=1S/C30H59N2O11PS/c1-3-5-7-9-11-13-28(33)42-23-26(43-29(34)14-12-10-8-6-4-2)24-45-25-27(31)30(35)32-15-16-39-17-18-40-19-20-41-21-22-44(36,37)38/h26-27H,3-25,31H2,1-2H3,(H,32,35)(H2,36,37,38)/t26-,27-/m1/s1. The Morgan fingerprint density at radius 1 is 0.756 bits per heavy atom. The van der Waals surface area contributed by atoms with Gasteiger partial charge in [0.25, 0.3) is 0 Å². The van der Waals surface area contributed by atoms with Gasteiger partial charge in [0.05, 0.1) is 51.8 Å². The molecular weight excluding hydrogens is 627 g/mol. The molecule has 0 aromatic rings. The van der Waals surface area contributed by atoms with Gasteiger partial charge >= 0.3 is 19.5 Å². The van der Waals surface area contributed by atoms with Crippen LogP contribution in [-0.2, 0) is 42.6 Å². The van der Waals surface area contributed by atoms with Crippen LogP contribution in [0.25, 0.3) is 0 Å². The number of carbonyl (C=O) groups excluding carboxylic acids is 3. The van der Waals surface area contributed by atoms with E-state index in [4.69, 9.17) is 39.2 Å². The Morgan fingerprint density at radius 3 is 1.87 bits per heavy atom. The minimum absolute atomic E-state index is 0.0194. The number of amides is 1. The molecule has 0 radical (unpaired) electrons. The minimum atomic E-state index is -4.04. The Morgan fingerprint density at radius 2 is 1.29 bits per heavy atom. The van der Waals surface area contributed by atoms with Gasteiger partial charge in [-0.3, -0.25) is 18.9 Å². The molecule has 0 aromatic heterocycles. The third-order valence-corrected chi connectivity index (χ3v) is 8.42. The number of esters is 2. The lowest BCUT2D eigenvalue weighted by molar-refractivity contribution is -0.157. The van der Waals surface area contributed by atoms with E-state index >= 15 is 0 Å². The normalized spacial score (nSPS) is 12.9. The summed E-state index contributed by atoms with van der Waals surface area (Å²) in [5, 5.41) is 2.72. The van der Waals surface area contributed by atoms with E-state index in [-0.39, 0.29) is 63.6 Å². The van der Waals surface area contributed by atoms with Crippen molar-refractivity contribution in [3.8, 4) is 0 Å². The molecule has 266 valence electrons. The van der Waals surface area contributed by atoms with Crippen LogP contribution in [-0.4, -0.2) is 110 Å². The van der Waals surface area contributed by atoms with Crippen molar-refractivity contribution < 1.29 is 52.4 Å². The van der Waals surface area contributed by atoms with Gasteiger partial charge in [-0.25, -0.2) is 0 Å². The number of thioether (sulfide) groups is 1. The van der Waals surface area contributed by atoms with E-state index in [1.54, 1.807) is 0 Å². The summed E-state index contributed by atoms with van der Waals surface area (Å²) in [6.45, 7) is 5.88. The third kappa shape index (κ3) is 31.1. The number of hydrogen-bond acceptors (Lipinski definition) is 11. The van der Waals surface area contributed by atoms with Gasteiger partial charge in [-0.15, -0.1) is 0 Å². The molecule has 15 heteroatoms. The predicted octanol–water partition coefficient (Wildman–Crippen LogP) is 3.57. The Bertz CT molecular complexity index is 804. The quantitative estimate of drug-likeness (QED) is 0.0456. The summed E-state index contributed by atoms with van der Waals surface area (Å²) in [7, 11) is -4.04. The molecule has 0 spiro atoms. The van der Waals surface area contributed by atoms with Crippen LogP contribution in [0.1, 0.15) is 90.9 Å². The Balaban J connectivity index is 4.24. The fraction of sp³-hybridized carbons (Fsp3) is 0.900. The summed E-state index contributed by atoms with van der Waals surface area (Å²) in [6, 6.07) is -0.774. The predicted molar refractivity (Wildman–Crippen MR) is 175 cm³/mol. The number of nitrogens with two attached hydrogens (primary N) is 1. The summed E-state index contributed by atoms with van der Waals surface area (Å²) >= 11 is 1.36. The highest BCUT2D eigenvalue weighted by Crippen LogP contribution is 2.33. The molecule has 13 nitrogen and oxygen atoms in total. The maximum atomic E-state index is 12.4. The molecule has 0 saturated heterocycles. The maximum absolute atomic E-state index is 12.4. The zero-order chi connectivity index (χ0) is 33.6. The fourth-order valence-corrected chi connectivity index (χ4v) is 5.21. The SMILES string of the molecule is CCCCCCCC(=O)OC[C@H](CSC[C@@H](N)C(=O)NCCOCCOCCOCCP(=O)(O)O)OC(=O)CCCCCCC. The number of carbonyl (C=O) groups is 3. The van der Waals surface area contributed by atoms with Crippen LogP contribution in [0.15, 0.2) is 0 Å². The molecule has 1 amide bonds. The largest absolute Gasteiger partial charge is 0.462 e. The summed E-state index contributed by atoms with van der Waals surface area (Å²) in [5.74, 6) is -0.291. The van der Waals surface area contributed by atoms with Crippen molar-refractivity contribution in [3.63, 3.8) is 0 Å². The summed E-state index contributed by atoms with van der Waals surface area (Å²) in [4.78, 5) is 54.4. The fourth-order valence-electron chi connectivity index (χ4n) is 3.87. The van der Waals surface area contributed by atoms with Crippen molar-refractivity contribution in [2.75, 3.05) is 70.5 Å². The van der Waals surface area contributed by atoms with Gasteiger partial charge in [0.1, 0.15) is 12.7 Å². The van der Waals surface area contributed by atoms with Crippen molar-refractivity contribution in [3.05, 3.63) is 0 Å². The van der Waals surface area contributed by atoms with E-state index in [1.165, 1.54) is 11.8 Å². The van der Waals surface area contributed by atoms with Crippen LogP contribution in [0, 0.1) is 0 Å².